The molecule has 0 heterocycles. The van der Waals surface area contributed by atoms with Crippen molar-refractivity contribution >= 4 is 5.97 Å². The van der Waals surface area contributed by atoms with Gasteiger partial charge in [-0.05, 0) is 18.8 Å². The summed E-state index contributed by atoms with van der Waals surface area (Å²) in [5, 5.41) is 10.2. The summed E-state index contributed by atoms with van der Waals surface area (Å²) in [6, 6.07) is 0. The van der Waals surface area contributed by atoms with Gasteiger partial charge in [-0.25, -0.2) is 0 Å². The van der Waals surface area contributed by atoms with Gasteiger partial charge >= 0.3 is 21.7 Å². The molecule has 0 aliphatic rings. The van der Waals surface area contributed by atoms with Crippen LogP contribution in [-0.2, 0) is 26.5 Å². The second-order valence-electron chi connectivity index (χ2n) is 6.55. The minimum atomic E-state index is -0.904. The molecule has 0 fully saturated rings. The minimum Gasteiger partial charge on any atom is -0.870 e. The molecule has 0 aliphatic carbocycles. The van der Waals surface area contributed by atoms with E-state index in [1.165, 1.54) is 70.6 Å². The molecule has 0 rings (SSSR count). The largest absolute Gasteiger partial charge is 4.00 e. The molecule has 0 atom stereocenters. The summed E-state index contributed by atoms with van der Waals surface area (Å²) in [4.78, 5) is 10.2. The fourth-order valence-corrected chi connectivity index (χ4v) is 2.59. The van der Waals surface area contributed by atoms with Gasteiger partial charge in [-0.3, -0.25) is 0 Å². The molecule has 0 unspecified atom stereocenters. The van der Waals surface area contributed by atoms with Crippen LogP contribution >= 0.6 is 0 Å². The third kappa shape index (κ3) is 33.6. The Morgan fingerprint density at radius 2 is 0.958 bits per heavy atom. The Balaban J connectivity index is -0.000000301. The number of rotatable bonds is 15. The maximum atomic E-state index is 10.2. The number of hydrogen-bond donors (Lipinski definition) is 0. The van der Waals surface area contributed by atoms with Crippen molar-refractivity contribution in [3.8, 4) is 0 Å². The number of carbonyl (C=O) groups excluding carboxylic acids is 1. The van der Waals surface area contributed by atoms with Gasteiger partial charge in [0, 0.05) is 5.97 Å². The zero-order valence-electron chi connectivity index (χ0n) is 15.6. The molecule has 0 aromatic rings. The molecule has 3 N–H and O–H groups in total. The maximum Gasteiger partial charge on any atom is 4.00 e. The SMILES string of the molecule is CC(C)CCCCCCCCCCCCCCC(=O)[O-].[OH-].[OH-].[OH-].[Ti+4]. The summed E-state index contributed by atoms with van der Waals surface area (Å²) in [5.41, 5.74) is 0. The Morgan fingerprint density at radius 1 is 0.667 bits per heavy atom. The molecule has 0 saturated heterocycles. The van der Waals surface area contributed by atoms with Gasteiger partial charge < -0.3 is 26.3 Å². The van der Waals surface area contributed by atoms with E-state index in [0.29, 0.717) is 0 Å². The fourth-order valence-electron chi connectivity index (χ4n) is 2.59. The van der Waals surface area contributed by atoms with E-state index in [9.17, 15) is 9.90 Å². The van der Waals surface area contributed by atoms with Gasteiger partial charge in [0.1, 0.15) is 0 Å². The minimum absolute atomic E-state index is 0. The fraction of sp³-hybridized carbons (Fsp3) is 0.944. The summed E-state index contributed by atoms with van der Waals surface area (Å²) in [7, 11) is 0. The molecule has 0 saturated carbocycles. The van der Waals surface area contributed by atoms with Gasteiger partial charge in [-0.2, -0.15) is 0 Å². The molecule has 24 heavy (non-hydrogen) atoms. The van der Waals surface area contributed by atoms with Crippen molar-refractivity contribution in [2.75, 3.05) is 0 Å². The topological polar surface area (TPSA) is 130 Å². The van der Waals surface area contributed by atoms with Crippen LogP contribution in [0.5, 0.6) is 0 Å². The first-order chi connectivity index (χ1) is 9.63. The average Bonchev–Trinajstić information content (AvgIpc) is 2.38. The van der Waals surface area contributed by atoms with Gasteiger partial charge in [0.15, 0.2) is 0 Å². The zero-order chi connectivity index (χ0) is 15.1. The number of aliphatic carboxylic acids is 1. The van der Waals surface area contributed by atoms with Gasteiger partial charge in [-0.1, -0.05) is 90.9 Å². The zero-order valence-corrected chi connectivity index (χ0v) is 17.2. The molecule has 0 aromatic heterocycles. The van der Waals surface area contributed by atoms with Crippen molar-refractivity contribution in [1.82, 2.24) is 0 Å². The number of carboxylic acids is 1. The second kappa shape index (κ2) is 27.9. The van der Waals surface area contributed by atoms with E-state index in [-0.39, 0.29) is 44.6 Å². The Bertz CT molecular complexity index is 225. The quantitative estimate of drug-likeness (QED) is 0.307. The Hall–Kier alpha value is 0.0643. The predicted molar refractivity (Wildman–Crippen MR) is 90.3 cm³/mol. The normalized spacial score (nSPS) is 9.29. The van der Waals surface area contributed by atoms with E-state index >= 15 is 0 Å². The van der Waals surface area contributed by atoms with Crippen LogP contribution in [0.3, 0.4) is 0 Å². The molecule has 0 aliphatic heterocycles. The van der Waals surface area contributed by atoms with E-state index in [0.717, 1.165) is 18.8 Å². The first-order valence-electron chi connectivity index (χ1n) is 8.82. The number of unbranched alkanes of at least 4 members (excludes halogenated alkanes) is 11. The van der Waals surface area contributed by atoms with Gasteiger partial charge in [-0.15, -0.1) is 0 Å². The standard InChI is InChI=1S/C18H36O2.3H2O.Ti/c1-17(2)15-13-11-9-7-5-3-4-6-8-10-12-14-16-18(19)20;;;;/h17H,3-16H2,1-2H3,(H,19,20);3*1H2;/q;;;;+4/p-4. The molecule has 6 heteroatoms. The van der Waals surface area contributed by atoms with Gasteiger partial charge in [0.05, 0.1) is 0 Å². The van der Waals surface area contributed by atoms with Gasteiger partial charge in [0.25, 0.3) is 0 Å². The second-order valence-corrected chi connectivity index (χ2v) is 6.55. The first-order valence-corrected chi connectivity index (χ1v) is 8.82. The molecule has 0 spiro atoms. The van der Waals surface area contributed by atoms with Gasteiger partial charge in [0.2, 0.25) is 0 Å². The molecule has 0 bridgehead atoms. The molecular formula is C18H38O5Ti. The van der Waals surface area contributed by atoms with Crippen molar-refractivity contribution in [3.63, 3.8) is 0 Å². The molecule has 0 aromatic carbocycles. The maximum absolute atomic E-state index is 10.2. The van der Waals surface area contributed by atoms with Crippen LogP contribution in [0.2, 0.25) is 0 Å². The van der Waals surface area contributed by atoms with E-state index in [4.69, 9.17) is 0 Å². The summed E-state index contributed by atoms with van der Waals surface area (Å²) >= 11 is 0. The third-order valence-corrected chi connectivity index (χ3v) is 3.91. The van der Waals surface area contributed by atoms with Crippen LogP contribution in [0.4, 0.5) is 0 Å². The summed E-state index contributed by atoms with van der Waals surface area (Å²) < 4.78 is 0. The number of hydrogen-bond acceptors (Lipinski definition) is 5. The van der Waals surface area contributed by atoms with Crippen LogP contribution in [0.1, 0.15) is 104 Å². The van der Waals surface area contributed by atoms with E-state index < -0.39 is 5.97 Å². The van der Waals surface area contributed by atoms with Crippen molar-refractivity contribution < 1.29 is 48.0 Å². The molecule has 0 amide bonds. The molecule has 144 valence electrons. The molecule has 0 radical (unpaired) electrons. The van der Waals surface area contributed by atoms with Crippen LogP contribution in [0.15, 0.2) is 0 Å². The predicted octanol–water partition coefficient (Wildman–Crippen LogP) is 4.32. The Morgan fingerprint density at radius 3 is 1.25 bits per heavy atom. The van der Waals surface area contributed by atoms with Crippen LogP contribution < -0.4 is 5.11 Å². The van der Waals surface area contributed by atoms with Crippen molar-refractivity contribution in [3.05, 3.63) is 0 Å². The summed E-state index contributed by atoms with van der Waals surface area (Å²) in [6.07, 6.45) is 17.0. The van der Waals surface area contributed by atoms with E-state index in [1.54, 1.807) is 0 Å². The van der Waals surface area contributed by atoms with Crippen LogP contribution in [0, 0.1) is 5.92 Å². The van der Waals surface area contributed by atoms with E-state index in [2.05, 4.69) is 13.8 Å². The Labute approximate surface area is 163 Å². The molecular weight excluding hydrogens is 344 g/mol. The molecule has 5 nitrogen and oxygen atoms in total. The smallest absolute Gasteiger partial charge is 0.870 e. The van der Waals surface area contributed by atoms with E-state index in [1.807, 2.05) is 0 Å². The summed E-state index contributed by atoms with van der Waals surface area (Å²) in [5.74, 6) is -0.0415. The average molecular weight is 382 g/mol. The number of carboxylic acid groups (broad SMARTS) is 1. The first kappa shape index (κ1) is 35.2. The van der Waals surface area contributed by atoms with Crippen molar-refractivity contribution in [2.45, 2.75) is 104 Å². The Kier molecular flexibility index (Phi) is 40.9. The van der Waals surface area contributed by atoms with Crippen molar-refractivity contribution in [2.24, 2.45) is 5.92 Å². The number of carbonyl (C=O) groups is 1. The monoisotopic (exact) mass is 382 g/mol. The summed E-state index contributed by atoms with van der Waals surface area (Å²) in [6.45, 7) is 4.61. The van der Waals surface area contributed by atoms with Crippen LogP contribution in [-0.4, -0.2) is 22.4 Å². The third-order valence-electron chi connectivity index (χ3n) is 3.91. The van der Waals surface area contributed by atoms with Crippen LogP contribution in [0.25, 0.3) is 0 Å². The van der Waals surface area contributed by atoms with Crippen molar-refractivity contribution in [1.29, 1.82) is 0 Å².